The molecule has 0 bridgehead atoms. The Morgan fingerprint density at radius 3 is 2.93 bits per heavy atom. The van der Waals surface area contributed by atoms with Crippen LogP contribution < -0.4 is 10.3 Å². The van der Waals surface area contributed by atoms with Gasteiger partial charge in [-0.05, 0) is 6.42 Å². The Morgan fingerprint density at radius 1 is 1.53 bits per heavy atom. The quantitative estimate of drug-likeness (QED) is 0.835. The smallest absolute Gasteiger partial charge is 0.199 e. The molecule has 2 rings (SSSR count). The molecule has 0 radical (unpaired) electrons. The van der Waals surface area contributed by atoms with E-state index in [0.29, 0.717) is 0 Å². The summed E-state index contributed by atoms with van der Waals surface area (Å²) in [5.41, 5.74) is 0. The van der Waals surface area contributed by atoms with Crippen molar-refractivity contribution in [2.24, 2.45) is 0 Å². The lowest BCUT2D eigenvalue weighted by molar-refractivity contribution is 0.219. The highest BCUT2D eigenvalue weighted by atomic mass is 32.1. The molecule has 0 atom stereocenters. The molecule has 1 saturated heterocycles. The Morgan fingerprint density at radius 2 is 2.33 bits per heavy atom. The van der Waals surface area contributed by atoms with Crippen LogP contribution in [0.1, 0.15) is 13.3 Å². The predicted molar refractivity (Wildman–Crippen MR) is 64.2 cm³/mol. The van der Waals surface area contributed by atoms with E-state index in [1.165, 1.54) is 0 Å². The number of nitrogens with one attached hydrogen (secondary N) is 1. The summed E-state index contributed by atoms with van der Waals surface area (Å²) in [5, 5.41) is 11.3. The molecule has 15 heavy (non-hydrogen) atoms. The molecule has 1 aliphatic heterocycles. The number of hydrazine groups is 1. The zero-order valence-electron chi connectivity index (χ0n) is 9.15. The van der Waals surface area contributed by atoms with E-state index >= 15 is 0 Å². The minimum Gasteiger partial charge on any atom is -0.314 e. The van der Waals surface area contributed by atoms with Crippen molar-refractivity contribution in [2.75, 3.05) is 37.7 Å². The number of anilines is 1. The first-order chi connectivity index (χ1) is 7.42. The fraction of sp³-hybridized carbons (Fsp3) is 0.700. The summed E-state index contributed by atoms with van der Waals surface area (Å²) in [6.07, 6.45) is 3.04. The molecule has 0 unspecified atom stereocenters. The zero-order chi connectivity index (χ0) is 10.5. The summed E-state index contributed by atoms with van der Waals surface area (Å²) in [6, 6.07) is 0. The fourth-order valence-electron chi connectivity index (χ4n) is 1.81. The van der Waals surface area contributed by atoms with Gasteiger partial charge in [-0.1, -0.05) is 6.92 Å². The SMILES string of the molecule is CCCN(c1nccs1)N1CCNCC1. The second kappa shape index (κ2) is 5.44. The van der Waals surface area contributed by atoms with Gasteiger partial charge in [0.2, 0.25) is 0 Å². The van der Waals surface area contributed by atoms with E-state index in [1.54, 1.807) is 11.3 Å². The molecule has 2 heterocycles. The van der Waals surface area contributed by atoms with Crippen LogP contribution in [0, 0.1) is 0 Å². The monoisotopic (exact) mass is 226 g/mol. The molecule has 0 spiro atoms. The van der Waals surface area contributed by atoms with Crippen LogP contribution >= 0.6 is 11.3 Å². The van der Waals surface area contributed by atoms with Gasteiger partial charge in [0.1, 0.15) is 0 Å². The van der Waals surface area contributed by atoms with Crippen LogP contribution in [0.2, 0.25) is 0 Å². The summed E-state index contributed by atoms with van der Waals surface area (Å²) >= 11 is 1.72. The van der Waals surface area contributed by atoms with Crippen LogP contribution in [0.4, 0.5) is 5.13 Å². The molecule has 0 aliphatic carbocycles. The molecule has 1 aliphatic rings. The maximum atomic E-state index is 4.39. The highest BCUT2D eigenvalue weighted by molar-refractivity contribution is 7.13. The Bertz CT molecular complexity index is 269. The van der Waals surface area contributed by atoms with Gasteiger partial charge in [0.05, 0.1) is 0 Å². The van der Waals surface area contributed by atoms with Gasteiger partial charge in [-0.15, -0.1) is 11.3 Å². The summed E-state index contributed by atoms with van der Waals surface area (Å²) in [4.78, 5) is 4.39. The molecule has 0 amide bonds. The summed E-state index contributed by atoms with van der Waals surface area (Å²) in [7, 11) is 0. The normalized spacial score (nSPS) is 17.9. The molecular weight excluding hydrogens is 208 g/mol. The summed E-state index contributed by atoms with van der Waals surface area (Å²) < 4.78 is 0. The number of hydrogen-bond donors (Lipinski definition) is 1. The van der Waals surface area contributed by atoms with Gasteiger partial charge in [0.15, 0.2) is 5.13 Å². The zero-order valence-corrected chi connectivity index (χ0v) is 9.96. The number of rotatable bonds is 4. The van der Waals surface area contributed by atoms with Crippen LogP contribution in [0.3, 0.4) is 0 Å². The molecule has 1 aromatic rings. The van der Waals surface area contributed by atoms with Crippen LogP contribution in [-0.4, -0.2) is 42.7 Å². The largest absolute Gasteiger partial charge is 0.314 e. The Kier molecular flexibility index (Phi) is 3.94. The number of piperazine rings is 1. The molecule has 0 aromatic carbocycles. The second-order valence-corrected chi connectivity index (χ2v) is 4.51. The van der Waals surface area contributed by atoms with Crippen molar-refractivity contribution < 1.29 is 0 Å². The van der Waals surface area contributed by atoms with Gasteiger partial charge in [0, 0.05) is 44.3 Å². The van der Waals surface area contributed by atoms with E-state index in [9.17, 15) is 0 Å². The Balaban J connectivity index is 2.04. The average molecular weight is 226 g/mol. The maximum Gasteiger partial charge on any atom is 0.199 e. The number of nitrogens with zero attached hydrogens (tertiary/aromatic N) is 3. The van der Waals surface area contributed by atoms with Gasteiger partial charge < -0.3 is 5.32 Å². The third-order valence-corrected chi connectivity index (χ3v) is 3.30. The molecule has 1 N–H and O–H groups in total. The van der Waals surface area contributed by atoms with E-state index in [-0.39, 0.29) is 0 Å². The lowest BCUT2D eigenvalue weighted by Gasteiger charge is -2.37. The average Bonchev–Trinajstić information content (AvgIpc) is 2.80. The van der Waals surface area contributed by atoms with Crippen molar-refractivity contribution in [3.05, 3.63) is 11.6 Å². The van der Waals surface area contributed by atoms with E-state index in [2.05, 4.69) is 27.2 Å². The highest BCUT2D eigenvalue weighted by Crippen LogP contribution is 2.19. The van der Waals surface area contributed by atoms with Crippen LogP contribution in [0.15, 0.2) is 11.6 Å². The van der Waals surface area contributed by atoms with Gasteiger partial charge in [0.25, 0.3) is 0 Å². The van der Waals surface area contributed by atoms with E-state index < -0.39 is 0 Å². The van der Waals surface area contributed by atoms with E-state index in [1.807, 2.05) is 11.6 Å². The lowest BCUT2D eigenvalue weighted by Crippen LogP contribution is -2.52. The Hall–Kier alpha value is -0.650. The minimum atomic E-state index is 1.06. The third kappa shape index (κ3) is 2.68. The Labute approximate surface area is 94.9 Å². The molecule has 5 heteroatoms. The fourth-order valence-corrected chi connectivity index (χ4v) is 2.50. The molecule has 4 nitrogen and oxygen atoms in total. The number of hydrogen-bond acceptors (Lipinski definition) is 5. The van der Waals surface area contributed by atoms with Crippen molar-refractivity contribution in [2.45, 2.75) is 13.3 Å². The van der Waals surface area contributed by atoms with Gasteiger partial charge in [-0.3, -0.25) is 5.01 Å². The van der Waals surface area contributed by atoms with Crippen LogP contribution in [-0.2, 0) is 0 Å². The van der Waals surface area contributed by atoms with Crippen LogP contribution in [0.25, 0.3) is 0 Å². The van der Waals surface area contributed by atoms with Crippen molar-refractivity contribution in [3.8, 4) is 0 Å². The predicted octanol–water partition coefficient (Wildman–Crippen LogP) is 1.18. The standard InChI is InChI=1S/C10H18N4S/c1-2-6-14(10-12-5-9-15-10)13-7-3-11-4-8-13/h5,9,11H,2-4,6-8H2,1H3. The first-order valence-corrected chi connectivity index (χ1v) is 6.42. The summed E-state index contributed by atoms with van der Waals surface area (Å²) in [5.74, 6) is 0. The minimum absolute atomic E-state index is 1.06. The maximum absolute atomic E-state index is 4.39. The van der Waals surface area contributed by atoms with Gasteiger partial charge in [-0.2, -0.15) is 0 Å². The first-order valence-electron chi connectivity index (χ1n) is 5.54. The third-order valence-electron chi connectivity index (χ3n) is 2.51. The molecule has 0 saturated carbocycles. The number of aromatic nitrogens is 1. The van der Waals surface area contributed by atoms with Gasteiger partial charge >= 0.3 is 0 Å². The van der Waals surface area contributed by atoms with Crippen molar-refractivity contribution in [3.63, 3.8) is 0 Å². The van der Waals surface area contributed by atoms with Crippen molar-refractivity contribution in [1.29, 1.82) is 0 Å². The molecular formula is C10H18N4S. The van der Waals surface area contributed by atoms with Crippen molar-refractivity contribution in [1.82, 2.24) is 15.3 Å². The second-order valence-electron chi connectivity index (χ2n) is 3.64. The molecule has 1 aromatic heterocycles. The summed E-state index contributed by atoms with van der Waals surface area (Å²) in [6.45, 7) is 7.59. The number of thiazole rings is 1. The van der Waals surface area contributed by atoms with Crippen molar-refractivity contribution >= 4 is 16.5 Å². The van der Waals surface area contributed by atoms with Crippen LogP contribution in [0.5, 0.6) is 0 Å². The van der Waals surface area contributed by atoms with E-state index in [4.69, 9.17) is 0 Å². The first kappa shape index (κ1) is 10.9. The molecule has 1 fully saturated rings. The van der Waals surface area contributed by atoms with E-state index in [0.717, 1.165) is 44.3 Å². The molecule has 84 valence electrons. The lowest BCUT2D eigenvalue weighted by atomic mass is 10.4. The van der Waals surface area contributed by atoms with Gasteiger partial charge in [-0.25, -0.2) is 9.99 Å². The highest BCUT2D eigenvalue weighted by Gasteiger charge is 2.19. The topological polar surface area (TPSA) is 31.4 Å².